The first-order valence-electron chi connectivity index (χ1n) is 11.1. The van der Waals surface area contributed by atoms with Crippen LogP contribution in [-0.2, 0) is 10.2 Å². The van der Waals surface area contributed by atoms with E-state index in [4.69, 9.17) is 15.8 Å². The zero-order valence-electron chi connectivity index (χ0n) is 18.9. The Balaban J connectivity index is 0.00000245. The number of hydrogen-bond acceptors (Lipinski definition) is 5. The van der Waals surface area contributed by atoms with Crippen LogP contribution in [0.4, 0.5) is 5.82 Å². The highest BCUT2D eigenvalue weighted by Crippen LogP contribution is 2.50. The number of rotatable bonds is 5. The third-order valence-electron chi connectivity index (χ3n) is 6.96. The smallest absolute Gasteiger partial charge is 0.233 e. The molecule has 2 fully saturated rings. The summed E-state index contributed by atoms with van der Waals surface area (Å²) >= 11 is 0. The molecule has 8 heteroatoms. The van der Waals surface area contributed by atoms with Gasteiger partial charge in [-0.15, -0.1) is 12.4 Å². The second-order valence-corrected chi connectivity index (χ2v) is 9.15. The summed E-state index contributed by atoms with van der Waals surface area (Å²) in [6.07, 6.45) is 4.82. The van der Waals surface area contributed by atoms with Gasteiger partial charge >= 0.3 is 0 Å². The Morgan fingerprint density at radius 2 is 2.00 bits per heavy atom. The molecule has 170 valence electrons. The summed E-state index contributed by atoms with van der Waals surface area (Å²) < 4.78 is 1.82. The first kappa shape index (κ1) is 22.6. The number of fused-ring (bicyclic) bond motifs is 1. The van der Waals surface area contributed by atoms with Crippen LogP contribution in [0, 0.1) is 6.92 Å². The number of likely N-dealkylation sites (N-methyl/N-ethyl adjacent to an activating group) is 1. The Hall–Kier alpha value is -2.64. The molecule has 5 rings (SSSR count). The maximum atomic E-state index is 13.4. The molecular formula is C24H31ClN6O. The fourth-order valence-electron chi connectivity index (χ4n) is 4.74. The van der Waals surface area contributed by atoms with Crippen molar-refractivity contribution in [1.82, 2.24) is 19.5 Å². The maximum Gasteiger partial charge on any atom is 0.233 e. The molecule has 3 aromatic rings. The minimum atomic E-state index is -0.375. The summed E-state index contributed by atoms with van der Waals surface area (Å²) in [6.45, 7) is 5.86. The molecule has 1 aliphatic heterocycles. The normalized spacial score (nSPS) is 20.1. The topological polar surface area (TPSA) is 79.8 Å². The highest BCUT2D eigenvalue weighted by Gasteiger charge is 2.53. The lowest BCUT2D eigenvalue weighted by molar-refractivity contribution is -0.134. The lowest BCUT2D eigenvalue weighted by Gasteiger charge is -2.28. The lowest BCUT2D eigenvalue weighted by Crippen LogP contribution is -2.38. The zero-order chi connectivity index (χ0) is 21.8. The van der Waals surface area contributed by atoms with Crippen molar-refractivity contribution in [2.75, 3.05) is 25.0 Å². The lowest BCUT2D eigenvalue weighted by atomic mass is 9.94. The number of hydrogen-bond donors (Lipinski definition) is 1. The van der Waals surface area contributed by atoms with Gasteiger partial charge < -0.3 is 15.5 Å². The number of nitrogens with two attached hydrogens (primary N) is 1. The molecule has 0 bridgehead atoms. The van der Waals surface area contributed by atoms with Crippen molar-refractivity contribution >= 4 is 29.8 Å². The minimum Gasteiger partial charge on any atom is -0.355 e. The molecule has 0 spiro atoms. The Bertz CT molecular complexity index is 1130. The predicted octanol–water partition coefficient (Wildman–Crippen LogP) is 3.25. The standard InChI is InChI=1S/C24H30N6O.ClH/c1-16-14-30-21(26-22(16)29-12-9-19(25)15-29)13-20(27-30)17(2)28(3)23(31)24(10-11-24)18-7-5-4-6-8-18;/h4-8,13-14,17,19H,9-12,15,25H2,1-3H3;1H/t17-,19-;/m0./s1. The van der Waals surface area contributed by atoms with Crippen LogP contribution < -0.4 is 10.6 Å². The van der Waals surface area contributed by atoms with Gasteiger partial charge in [-0.05, 0) is 38.7 Å². The van der Waals surface area contributed by atoms with E-state index in [1.165, 1.54) is 0 Å². The molecule has 2 N–H and O–H groups in total. The third-order valence-corrected chi connectivity index (χ3v) is 6.96. The van der Waals surface area contributed by atoms with E-state index in [-0.39, 0.29) is 35.8 Å². The van der Waals surface area contributed by atoms with Gasteiger partial charge in [0.1, 0.15) is 5.82 Å². The van der Waals surface area contributed by atoms with Crippen LogP contribution in [0.2, 0.25) is 0 Å². The van der Waals surface area contributed by atoms with E-state index >= 15 is 0 Å². The quantitative estimate of drug-likeness (QED) is 0.640. The van der Waals surface area contributed by atoms with Gasteiger partial charge in [0.15, 0.2) is 5.65 Å². The summed E-state index contributed by atoms with van der Waals surface area (Å²) in [5.74, 6) is 1.14. The van der Waals surface area contributed by atoms with Crippen LogP contribution >= 0.6 is 12.4 Å². The molecule has 1 saturated carbocycles. The molecule has 7 nitrogen and oxygen atoms in total. The van der Waals surface area contributed by atoms with Gasteiger partial charge in [-0.2, -0.15) is 5.10 Å². The highest BCUT2D eigenvalue weighted by atomic mass is 35.5. The van der Waals surface area contributed by atoms with Gasteiger partial charge in [-0.1, -0.05) is 30.3 Å². The second kappa shape index (κ2) is 8.37. The first-order valence-corrected chi connectivity index (χ1v) is 11.1. The van der Waals surface area contributed by atoms with Crippen LogP contribution in [0.1, 0.15) is 49.0 Å². The average Bonchev–Trinajstić information content (AvgIpc) is 3.32. The van der Waals surface area contributed by atoms with Gasteiger partial charge in [0, 0.05) is 44.0 Å². The monoisotopic (exact) mass is 454 g/mol. The minimum absolute atomic E-state index is 0. The summed E-state index contributed by atoms with van der Waals surface area (Å²) in [6, 6.07) is 12.2. The van der Waals surface area contributed by atoms with Gasteiger partial charge in [0.2, 0.25) is 5.91 Å². The summed E-state index contributed by atoms with van der Waals surface area (Å²) in [4.78, 5) is 22.4. The fraction of sp³-hybridized carbons (Fsp3) is 0.458. The number of carbonyl (C=O) groups is 1. The van der Waals surface area contributed by atoms with Crippen LogP contribution in [-0.4, -0.2) is 51.6 Å². The Morgan fingerprint density at radius 1 is 1.28 bits per heavy atom. The molecule has 0 unspecified atom stereocenters. The Labute approximate surface area is 195 Å². The van der Waals surface area contributed by atoms with E-state index in [0.717, 1.165) is 60.6 Å². The van der Waals surface area contributed by atoms with Gasteiger partial charge in [-0.3, -0.25) is 4.79 Å². The number of carbonyl (C=O) groups excluding carboxylic acids is 1. The molecule has 32 heavy (non-hydrogen) atoms. The molecule has 1 saturated heterocycles. The van der Waals surface area contributed by atoms with Crippen molar-refractivity contribution in [1.29, 1.82) is 0 Å². The largest absolute Gasteiger partial charge is 0.355 e. The number of aryl methyl sites for hydroxylation is 1. The predicted molar refractivity (Wildman–Crippen MR) is 128 cm³/mol. The number of anilines is 1. The molecule has 1 aliphatic carbocycles. The number of halogens is 1. The zero-order valence-corrected chi connectivity index (χ0v) is 19.7. The Kier molecular flexibility index (Phi) is 5.90. The van der Waals surface area contributed by atoms with E-state index in [2.05, 4.69) is 24.0 Å². The summed E-state index contributed by atoms with van der Waals surface area (Å²) in [7, 11) is 1.88. The maximum absolute atomic E-state index is 13.4. The number of nitrogens with zero attached hydrogens (tertiary/aromatic N) is 5. The van der Waals surface area contributed by atoms with Crippen molar-refractivity contribution in [3.05, 3.63) is 59.4 Å². The van der Waals surface area contributed by atoms with Crippen LogP contribution in [0.15, 0.2) is 42.6 Å². The molecule has 2 aliphatic rings. The van der Waals surface area contributed by atoms with E-state index in [9.17, 15) is 4.79 Å². The van der Waals surface area contributed by atoms with Crippen molar-refractivity contribution < 1.29 is 4.79 Å². The van der Waals surface area contributed by atoms with Gasteiger partial charge in [-0.25, -0.2) is 9.50 Å². The Morgan fingerprint density at radius 3 is 2.62 bits per heavy atom. The molecule has 0 radical (unpaired) electrons. The highest BCUT2D eigenvalue weighted by molar-refractivity contribution is 5.91. The molecule has 1 amide bonds. The number of benzene rings is 1. The van der Waals surface area contributed by atoms with Crippen LogP contribution in [0.25, 0.3) is 5.65 Å². The van der Waals surface area contributed by atoms with Crippen molar-refractivity contribution in [2.45, 2.75) is 50.6 Å². The fourth-order valence-corrected chi connectivity index (χ4v) is 4.74. The van der Waals surface area contributed by atoms with Crippen molar-refractivity contribution in [3.8, 4) is 0 Å². The number of amides is 1. The molecule has 1 aromatic carbocycles. The van der Waals surface area contributed by atoms with Crippen molar-refractivity contribution in [2.24, 2.45) is 5.73 Å². The van der Waals surface area contributed by atoms with Gasteiger partial charge in [0.25, 0.3) is 0 Å². The van der Waals surface area contributed by atoms with E-state index in [0.29, 0.717) is 0 Å². The van der Waals surface area contributed by atoms with E-state index < -0.39 is 0 Å². The van der Waals surface area contributed by atoms with Crippen LogP contribution in [0.3, 0.4) is 0 Å². The van der Waals surface area contributed by atoms with E-state index in [1.54, 1.807) is 0 Å². The number of aromatic nitrogens is 3. The first-order chi connectivity index (χ1) is 14.9. The SMILES string of the molecule is Cc1cn2nc([C@H](C)N(C)C(=O)C3(c4ccccc4)CC3)cc2nc1N1CC[C@H](N)C1.Cl. The van der Waals surface area contributed by atoms with Gasteiger partial charge in [0.05, 0.1) is 17.2 Å². The molecule has 2 aromatic heterocycles. The van der Waals surface area contributed by atoms with Crippen molar-refractivity contribution in [3.63, 3.8) is 0 Å². The summed E-state index contributed by atoms with van der Waals surface area (Å²) in [5.41, 5.74) is 9.55. The average molecular weight is 455 g/mol. The molecule has 2 atom stereocenters. The van der Waals surface area contributed by atoms with Crippen LogP contribution in [0.5, 0.6) is 0 Å². The van der Waals surface area contributed by atoms with E-state index in [1.807, 2.05) is 53.8 Å². The summed E-state index contributed by atoms with van der Waals surface area (Å²) in [5, 5.41) is 4.75. The molecular weight excluding hydrogens is 424 g/mol. The third kappa shape index (κ3) is 3.73. The molecule has 3 heterocycles. The second-order valence-electron chi connectivity index (χ2n) is 9.15.